The van der Waals surface area contributed by atoms with E-state index < -0.39 is 11.6 Å². The zero-order valence-electron chi connectivity index (χ0n) is 14.1. The molecule has 1 aromatic carbocycles. The molecule has 0 bridgehead atoms. The molecule has 2 rings (SSSR count). The number of rotatable bonds is 7. The first-order valence-corrected chi connectivity index (χ1v) is 7.72. The van der Waals surface area contributed by atoms with Gasteiger partial charge in [0, 0.05) is 24.3 Å². The second kappa shape index (κ2) is 8.01. The molecule has 130 valence electrons. The Balaban J connectivity index is 2.16. The Labute approximate surface area is 140 Å². The largest absolute Gasteiger partial charge is 0.348 e. The van der Waals surface area contributed by atoms with E-state index in [9.17, 15) is 13.6 Å². The fraction of sp³-hybridized carbons (Fsp3) is 0.412. The Bertz CT molecular complexity index is 679. The molecule has 0 fully saturated rings. The van der Waals surface area contributed by atoms with Gasteiger partial charge in [-0.3, -0.25) is 4.79 Å². The van der Waals surface area contributed by atoms with Gasteiger partial charge in [-0.25, -0.2) is 13.8 Å². The van der Waals surface area contributed by atoms with Crippen molar-refractivity contribution in [2.24, 2.45) is 0 Å². The van der Waals surface area contributed by atoms with E-state index in [-0.39, 0.29) is 17.9 Å². The number of carbonyl (C=O) groups excluding carboxylic acids is 1. The molecule has 7 heteroatoms. The Morgan fingerprint density at radius 3 is 2.42 bits per heavy atom. The van der Waals surface area contributed by atoms with E-state index in [1.54, 1.807) is 11.2 Å². The van der Waals surface area contributed by atoms with E-state index in [0.717, 1.165) is 23.5 Å². The molecule has 0 aliphatic carbocycles. The standard InChI is InChI=1S/C17H22F2N4O/c1-12-16(21-11-20-12)10-23(8-7-22(2)3)17(24)9-13-14(18)5-4-6-15(13)19/h4-6,11H,7-10H2,1-3H3,(H,20,21). The summed E-state index contributed by atoms with van der Waals surface area (Å²) in [5.41, 5.74) is 1.42. The van der Waals surface area contributed by atoms with E-state index in [1.807, 2.05) is 25.9 Å². The molecule has 2 aromatic rings. The van der Waals surface area contributed by atoms with Crippen LogP contribution in [-0.4, -0.2) is 52.9 Å². The average molecular weight is 336 g/mol. The van der Waals surface area contributed by atoms with E-state index in [2.05, 4.69) is 9.97 Å². The molecule has 1 heterocycles. The number of hydrogen-bond acceptors (Lipinski definition) is 3. The molecule has 0 aliphatic rings. The van der Waals surface area contributed by atoms with Gasteiger partial charge in [0.1, 0.15) is 11.6 Å². The summed E-state index contributed by atoms with van der Waals surface area (Å²) in [5.74, 6) is -1.73. The van der Waals surface area contributed by atoms with Crippen molar-refractivity contribution in [3.8, 4) is 0 Å². The van der Waals surface area contributed by atoms with Crippen LogP contribution in [0.3, 0.4) is 0 Å². The second-order valence-corrected chi connectivity index (χ2v) is 5.97. The first-order valence-electron chi connectivity index (χ1n) is 7.72. The maximum atomic E-state index is 13.8. The van der Waals surface area contributed by atoms with Crippen LogP contribution in [0, 0.1) is 18.6 Å². The first kappa shape index (κ1) is 18.1. The third-order valence-electron chi connectivity index (χ3n) is 3.83. The van der Waals surface area contributed by atoms with Crippen molar-refractivity contribution in [1.82, 2.24) is 19.8 Å². The number of aryl methyl sites for hydroxylation is 1. The number of hydrogen-bond donors (Lipinski definition) is 1. The van der Waals surface area contributed by atoms with Crippen LogP contribution in [-0.2, 0) is 17.8 Å². The zero-order valence-corrected chi connectivity index (χ0v) is 14.1. The number of aromatic amines is 1. The van der Waals surface area contributed by atoms with Crippen molar-refractivity contribution in [2.75, 3.05) is 27.2 Å². The van der Waals surface area contributed by atoms with Crippen LogP contribution in [0.15, 0.2) is 24.5 Å². The Morgan fingerprint density at radius 1 is 1.21 bits per heavy atom. The number of nitrogens with zero attached hydrogens (tertiary/aromatic N) is 3. The quantitative estimate of drug-likeness (QED) is 0.843. The predicted molar refractivity (Wildman–Crippen MR) is 87.4 cm³/mol. The van der Waals surface area contributed by atoms with Crippen molar-refractivity contribution in [1.29, 1.82) is 0 Å². The van der Waals surface area contributed by atoms with Crippen LogP contribution < -0.4 is 0 Å². The van der Waals surface area contributed by atoms with Crippen LogP contribution in [0.2, 0.25) is 0 Å². The molecular formula is C17H22F2N4O. The van der Waals surface area contributed by atoms with Gasteiger partial charge in [-0.15, -0.1) is 0 Å². The lowest BCUT2D eigenvalue weighted by Crippen LogP contribution is -2.37. The van der Waals surface area contributed by atoms with Crippen molar-refractivity contribution in [3.05, 3.63) is 53.1 Å². The lowest BCUT2D eigenvalue weighted by molar-refractivity contribution is -0.131. The maximum absolute atomic E-state index is 13.8. The molecule has 0 unspecified atom stereocenters. The van der Waals surface area contributed by atoms with Crippen LogP contribution in [0.4, 0.5) is 8.78 Å². The highest BCUT2D eigenvalue weighted by Gasteiger charge is 2.20. The van der Waals surface area contributed by atoms with E-state index in [4.69, 9.17) is 0 Å². The lowest BCUT2D eigenvalue weighted by atomic mass is 10.1. The summed E-state index contributed by atoms with van der Waals surface area (Å²) < 4.78 is 27.6. The van der Waals surface area contributed by atoms with Gasteiger partial charge >= 0.3 is 0 Å². The molecule has 0 saturated carbocycles. The molecule has 1 N–H and O–H groups in total. The van der Waals surface area contributed by atoms with Crippen molar-refractivity contribution in [2.45, 2.75) is 19.9 Å². The molecule has 1 aromatic heterocycles. The highest BCUT2D eigenvalue weighted by atomic mass is 19.1. The lowest BCUT2D eigenvalue weighted by Gasteiger charge is -2.24. The minimum Gasteiger partial charge on any atom is -0.348 e. The van der Waals surface area contributed by atoms with Gasteiger partial charge in [-0.1, -0.05) is 6.07 Å². The zero-order chi connectivity index (χ0) is 17.7. The molecule has 0 aliphatic heterocycles. The average Bonchev–Trinajstić information content (AvgIpc) is 2.92. The molecule has 5 nitrogen and oxygen atoms in total. The van der Waals surface area contributed by atoms with Gasteiger partial charge in [-0.05, 0) is 33.2 Å². The SMILES string of the molecule is Cc1[nH]cnc1CN(CCN(C)C)C(=O)Cc1c(F)cccc1F. The summed E-state index contributed by atoms with van der Waals surface area (Å²) in [5, 5.41) is 0. The fourth-order valence-electron chi connectivity index (χ4n) is 2.30. The van der Waals surface area contributed by atoms with Crippen LogP contribution in [0.1, 0.15) is 17.0 Å². The molecule has 0 spiro atoms. The number of imidazole rings is 1. The highest BCUT2D eigenvalue weighted by Crippen LogP contribution is 2.15. The number of amides is 1. The molecule has 24 heavy (non-hydrogen) atoms. The van der Waals surface area contributed by atoms with Crippen molar-refractivity contribution < 1.29 is 13.6 Å². The first-order chi connectivity index (χ1) is 11.4. The topological polar surface area (TPSA) is 52.2 Å². The monoisotopic (exact) mass is 336 g/mol. The van der Waals surface area contributed by atoms with Gasteiger partial charge < -0.3 is 14.8 Å². The van der Waals surface area contributed by atoms with Gasteiger partial charge in [0.05, 0.1) is 25.0 Å². The fourth-order valence-corrected chi connectivity index (χ4v) is 2.30. The Morgan fingerprint density at radius 2 is 1.88 bits per heavy atom. The minimum atomic E-state index is -0.702. The second-order valence-electron chi connectivity index (χ2n) is 5.97. The summed E-state index contributed by atoms with van der Waals surface area (Å²) in [4.78, 5) is 23.3. The number of likely N-dealkylation sites (N-methyl/N-ethyl adjacent to an activating group) is 1. The third kappa shape index (κ3) is 4.61. The molecule has 0 atom stereocenters. The summed E-state index contributed by atoms with van der Waals surface area (Å²) in [6.07, 6.45) is 1.26. The van der Waals surface area contributed by atoms with Gasteiger partial charge in [0.25, 0.3) is 0 Å². The smallest absolute Gasteiger partial charge is 0.227 e. The van der Waals surface area contributed by atoms with Crippen LogP contribution in [0.5, 0.6) is 0 Å². The number of nitrogens with one attached hydrogen (secondary N) is 1. The summed E-state index contributed by atoms with van der Waals surface area (Å²) in [6.45, 7) is 3.27. The number of aromatic nitrogens is 2. The maximum Gasteiger partial charge on any atom is 0.227 e. The van der Waals surface area contributed by atoms with E-state index >= 15 is 0 Å². The van der Waals surface area contributed by atoms with E-state index in [1.165, 1.54) is 6.07 Å². The molecular weight excluding hydrogens is 314 g/mol. The summed E-state index contributed by atoms with van der Waals surface area (Å²) in [7, 11) is 3.80. The summed E-state index contributed by atoms with van der Waals surface area (Å²) >= 11 is 0. The van der Waals surface area contributed by atoms with Gasteiger partial charge in [-0.2, -0.15) is 0 Å². The van der Waals surface area contributed by atoms with Crippen molar-refractivity contribution >= 4 is 5.91 Å². The third-order valence-corrected chi connectivity index (χ3v) is 3.83. The predicted octanol–water partition coefficient (Wildman–Crippen LogP) is 2.13. The van der Waals surface area contributed by atoms with E-state index in [0.29, 0.717) is 19.6 Å². The Hall–Kier alpha value is -2.28. The molecule has 0 saturated heterocycles. The molecule has 0 radical (unpaired) electrons. The highest BCUT2D eigenvalue weighted by molar-refractivity contribution is 5.79. The molecule has 1 amide bonds. The number of H-pyrrole nitrogens is 1. The number of carbonyl (C=O) groups is 1. The normalized spacial score (nSPS) is 11.1. The van der Waals surface area contributed by atoms with Crippen LogP contribution >= 0.6 is 0 Å². The van der Waals surface area contributed by atoms with Gasteiger partial charge in [0.15, 0.2) is 0 Å². The number of halogens is 2. The Kier molecular flexibility index (Phi) is 6.03. The van der Waals surface area contributed by atoms with Crippen LogP contribution in [0.25, 0.3) is 0 Å². The van der Waals surface area contributed by atoms with Gasteiger partial charge in [0.2, 0.25) is 5.91 Å². The number of benzene rings is 1. The summed E-state index contributed by atoms with van der Waals surface area (Å²) in [6, 6.07) is 3.61. The minimum absolute atomic E-state index is 0.198. The van der Waals surface area contributed by atoms with Crippen molar-refractivity contribution in [3.63, 3.8) is 0 Å².